The van der Waals surface area contributed by atoms with Crippen LogP contribution in [0.1, 0.15) is 121 Å². The maximum Gasteiger partial charge on any atom is 0.257 e. The zero-order valence-corrected chi connectivity index (χ0v) is 39.3. The minimum Gasteiger partial charge on any atom is -0.507 e. The number of hydrogen-bond acceptors (Lipinski definition) is 13. The molecule has 66 heavy (non-hydrogen) atoms. The number of nitrogens with zero attached hydrogens (tertiary/aromatic N) is 2. The van der Waals surface area contributed by atoms with E-state index in [0.717, 1.165) is 35.5 Å². The second-order valence-electron chi connectivity index (χ2n) is 16.6. The molecule has 1 aliphatic rings. The highest BCUT2D eigenvalue weighted by Gasteiger charge is 2.34. The van der Waals surface area contributed by atoms with E-state index in [2.05, 4.69) is 32.9 Å². The summed E-state index contributed by atoms with van der Waals surface area (Å²) in [6.45, 7) is 2.09. The molecule has 5 atom stereocenters. The van der Waals surface area contributed by atoms with Gasteiger partial charge in [-0.1, -0.05) is 96.1 Å². The molecule has 0 unspecified atom stereocenters. The number of carbonyl (C=O) groups is 8. The Kier molecular flexibility index (Phi) is 23.4. The van der Waals surface area contributed by atoms with Gasteiger partial charge in [-0.15, -0.1) is 0 Å². The Balaban J connectivity index is 1.63. The molecule has 0 radical (unpaired) electrons. The first-order valence-corrected chi connectivity index (χ1v) is 23.5. The molecule has 0 spiro atoms. The third-order valence-corrected chi connectivity index (χ3v) is 12.0. The minimum atomic E-state index is -1.71. The van der Waals surface area contributed by atoms with E-state index in [-0.39, 0.29) is 46.9 Å². The molecule has 1 heterocycles. The van der Waals surface area contributed by atoms with Crippen LogP contribution >= 0.6 is 11.9 Å². The summed E-state index contributed by atoms with van der Waals surface area (Å²) in [7, 11) is 2.63. The summed E-state index contributed by atoms with van der Waals surface area (Å²) >= 11 is 0.454. The highest BCUT2D eigenvalue weighted by Crippen LogP contribution is 2.38. The zero-order chi connectivity index (χ0) is 48.8. The molecule has 10 N–H and O–H groups in total. The summed E-state index contributed by atoms with van der Waals surface area (Å²) in [6.07, 6.45) is 13.3. The van der Waals surface area contributed by atoms with Crippen LogP contribution in [-0.2, 0) is 44.8 Å². The number of phenolic OH excluding ortho intramolecular Hbond substituents is 2. The van der Waals surface area contributed by atoms with Gasteiger partial charge in [0.2, 0.25) is 29.5 Å². The van der Waals surface area contributed by atoms with Gasteiger partial charge in [0.05, 0.1) is 13.2 Å². The molecule has 364 valence electrons. The lowest BCUT2D eigenvalue weighted by Gasteiger charge is -2.30. The summed E-state index contributed by atoms with van der Waals surface area (Å²) in [5.41, 5.74) is 7.07. The van der Waals surface area contributed by atoms with Crippen molar-refractivity contribution in [1.29, 1.82) is 0 Å². The van der Waals surface area contributed by atoms with Gasteiger partial charge in [-0.2, -0.15) is 0 Å². The molecule has 0 saturated heterocycles. The molecular formula is C46H68N8O11S. The molecule has 0 saturated carbocycles. The Morgan fingerprint density at radius 1 is 0.818 bits per heavy atom. The molecule has 1 aliphatic heterocycles. The number of aliphatic hydroxyl groups excluding tert-OH is 1. The van der Waals surface area contributed by atoms with E-state index in [0.29, 0.717) is 29.6 Å². The first kappa shape index (κ1) is 54.6. The Bertz CT molecular complexity index is 1990. The number of benzene rings is 2. The predicted molar refractivity (Wildman–Crippen MR) is 250 cm³/mol. The number of nitrogens with one attached hydrogen (secondary N) is 5. The number of rotatable bonds is 25. The Morgan fingerprint density at radius 3 is 1.98 bits per heavy atom. The summed E-state index contributed by atoms with van der Waals surface area (Å²) < 4.78 is 2.31. The first-order valence-electron chi connectivity index (χ1n) is 22.6. The van der Waals surface area contributed by atoms with Gasteiger partial charge in [0.25, 0.3) is 11.8 Å². The maximum absolute atomic E-state index is 14.0. The average molecular weight is 941 g/mol. The lowest BCUT2D eigenvalue weighted by Crippen LogP contribution is -2.59. The molecule has 20 heteroatoms. The second kappa shape index (κ2) is 28.3. The van der Waals surface area contributed by atoms with E-state index in [1.165, 1.54) is 109 Å². The standard InChI is InChI=1S/C46H68N8O11S/c1-5-6-7-8-9-10-11-12-13-14-15-16-17-18-38(59)53(3)35(27-55)44(63)51-41(47)46(65)48-26-39(60)54(4)40-31-20-22-37(58)33(25-31)32-23-30(19-21-36(32)57)24-34(43(62)52-66-28-56)50-42(61)29(2)49-45(40)64/h19-23,25,28-29,34-35,40-41,55,57-58H,5-18,24,26-27,47H2,1-4H3,(H,48,65)(H,49,64)(H,50,61)(H,51,63)(H,52,62)/t29-,34-,35+,40-,41-/m0/s1. The Hall–Kier alpha value is -5.73. The molecular weight excluding hydrogens is 873 g/mol. The molecule has 0 aromatic heterocycles. The van der Waals surface area contributed by atoms with E-state index < -0.39 is 78.9 Å². The maximum atomic E-state index is 14.0. The largest absolute Gasteiger partial charge is 0.507 e. The summed E-state index contributed by atoms with van der Waals surface area (Å²) in [5.74, 6) is -6.08. The third-order valence-electron chi connectivity index (χ3n) is 11.6. The molecule has 3 rings (SSSR count). The smallest absolute Gasteiger partial charge is 0.257 e. The Labute approximate surface area is 390 Å². The molecule has 2 aromatic rings. The fourth-order valence-corrected chi connectivity index (χ4v) is 7.86. The van der Waals surface area contributed by atoms with Crippen LogP contribution in [0.4, 0.5) is 0 Å². The lowest BCUT2D eigenvalue weighted by atomic mass is 9.94. The fourth-order valence-electron chi connectivity index (χ4n) is 7.55. The summed E-state index contributed by atoms with van der Waals surface area (Å²) in [4.78, 5) is 106. The SMILES string of the molecule is CCCCCCCCCCCCCCCC(=O)N(C)[C@H](CO)C(=O)N[C@H](N)C(=O)NCC(=O)N(C)[C@@H]1C(=O)N[C@@H](C)C(=O)N[C@H](C(=O)NSC=O)Cc2ccc(O)c(c2)-c2cc1ccc2O. The van der Waals surface area contributed by atoms with Gasteiger partial charge >= 0.3 is 0 Å². The van der Waals surface area contributed by atoms with Crippen LogP contribution in [0.5, 0.6) is 11.5 Å². The van der Waals surface area contributed by atoms with Gasteiger partial charge in [0, 0.05) is 50.0 Å². The van der Waals surface area contributed by atoms with E-state index in [4.69, 9.17) is 5.73 Å². The van der Waals surface area contributed by atoms with Crippen LogP contribution in [0.15, 0.2) is 36.4 Å². The average Bonchev–Trinajstić information content (AvgIpc) is 3.29. The van der Waals surface area contributed by atoms with Gasteiger partial charge in [0.1, 0.15) is 35.7 Å². The van der Waals surface area contributed by atoms with Crippen LogP contribution in [0.3, 0.4) is 0 Å². The van der Waals surface area contributed by atoms with Crippen molar-refractivity contribution >= 4 is 58.9 Å². The number of likely N-dealkylation sites (N-methyl/N-ethyl adjacent to an activating group) is 2. The lowest BCUT2D eigenvalue weighted by molar-refractivity contribution is -0.142. The van der Waals surface area contributed by atoms with Gasteiger partial charge in [-0.25, -0.2) is 0 Å². The molecule has 4 bridgehead atoms. The molecule has 0 aliphatic carbocycles. The van der Waals surface area contributed by atoms with Crippen molar-refractivity contribution in [2.45, 2.75) is 140 Å². The fraction of sp³-hybridized carbons (Fsp3) is 0.565. The molecule has 19 nitrogen and oxygen atoms in total. The monoisotopic (exact) mass is 940 g/mol. The van der Waals surface area contributed by atoms with Crippen LogP contribution < -0.4 is 31.7 Å². The summed E-state index contributed by atoms with van der Waals surface area (Å²) in [6, 6.07) is 2.91. The number of carbonyl (C=O) groups excluding carboxylic acids is 8. The number of hydrogen-bond donors (Lipinski definition) is 9. The van der Waals surface area contributed by atoms with Crippen molar-refractivity contribution in [2.24, 2.45) is 5.73 Å². The van der Waals surface area contributed by atoms with Gasteiger partial charge in [-0.05, 0) is 48.7 Å². The first-order chi connectivity index (χ1) is 31.5. The Morgan fingerprint density at radius 2 is 1.39 bits per heavy atom. The predicted octanol–water partition coefficient (Wildman–Crippen LogP) is 2.58. The van der Waals surface area contributed by atoms with Crippen molar-refractivity contribution in [3.63, 3.8) is 0 Å². The second-order valence-corrected chi connectivity index (χ2v) is 17.2. The van der Waals surface area contributed by atoms with Gasteiger partial charge in [0.15, 0.2) is 11.8 Å². The van der Waals surface area contributed by atoms with Crippen molar-refractivity contribution < 1.29 is 53.7 Å². The van der Waals surface area contributed by atoms with Crippen molar-refractivity contribution in [2.75, 3.05) is 27.2 Å². The highest BCUT2D eigenvalue weighted by molar-refractivity contribution is 8.10. The third kappa shape index (κ3) is 16.9. The van der Waals surface area contributed by atoms with E-state index in [1.54, 1.807) is 0 Å². The zero-order valence-electron chi connectivity index (χ0n) is 38.4. The van der Waals surface area contributed by atoms with E-state index in [1.807, 2.05) is 0 Å². The number of fused-ring (bicyclic) bond motifs is 5. The summed E-state index contributed by atoms with van der Waals surface area (Å²) in [5, 5.41) is 41.5. The topological polar surface area (TPSA) is 290 Å². The van der Waals surface area contributed by atoms with Crippen molar-refractivity contribution in [3.8, 4) is 22.6 Å². The normalized spacial score (nSPS) is 16.9. The number of unbranched alkanes of at least 4 members (excludes halogenated alkanes) is 12. The number of amides is 7. The molecule has 0 fully saturated rings. The minimum absolute atomic E-state index is 0.0558. The number of phenols is 2. The van der Waals surface area contributed by atoms with Crippen LogP contribution in [0.2, 0.25) is 0 Å². The van der Waals surface area contributed by atoms with Crippen molar-refractivity contribution in [3.05, 3.63) is 47.5 Å². The molecule has 2 aromatic carbocycles. The quantitative estimate of drug-likeness (QED) is 0.0300. The van der Waals surface area contributed by atoms with Crippen molar-refractivity contribution in [1.82, 2.24) is 35.8 Å². The van der Waals surface area contributed by atoms with Gasteiger partial charge < -0.3 is 52.1 Å². The van der Waals surface area contributed by atoms with Crippen LogP contribution in [-0.4, -0.2) is 124 Å². The highest BCUT2D eigenvalue weighted by atomic mass is 32.2. The van der Waals surface area contributed by atoms with E-state index in [9.17, 15) is 53.7 Å². The van der Waals surface area contributed by atoms with Crippen LogP contribution in [0, 0.1) is 0 Å². The number of aliphatic hydroxyl groups is 1. The van der Waals surface area contributed by atoms with Crippen LogP contribution in [0.25, 0.3) is 11.1 Å². The number of nitrogens with two attached hydrogens (primary N) is 1. The number of aromatic hydroxyl groups is 2. The van der Waals surface area contributed by atoms with E-state index >= 15 is 0 Å². The molecule has 7 amide bonds. The van der Waals surface area contributed by atoms with Gasteiger partial charge in [-0.3, -0.25) is 43.1 Å².